The highest BCUT2D eigenvalue weighted by molar-refractivity contribution is 7.21. The first-order valence-corrected chi connectivity index (χ1v) is 10.4. The molecular weight excluding hydrogens is 441 g/mol. The number of fused-ring (bicyclic) bond motifs is 2. The van der Waals surface area contributed by atoms with Crippen LogP contribution >= 0.6 is 11.3 Å². The summed E-state index contributed by atoms with van der Waals surface area (Å²) >= 11 is 0.845. The molecule has 0 amide bonds. The predicted molar refractivity (Wildman–Crippen MR) is 115 cm³/mol. The van der Waals surface area contributed by atoms with Crippen LogP contribution in [0, 0.1) is 6.92 Å². The Balaban J connectivity index is 1.68. The molecule has 2 aromatic carbocycles. The average Bonchev–Trinajstić information content (AvgIpc) is 3.36. The minimum Gasteiger partial charge on any atom is -0.454 e. The van der Waals surface area contributed by atoms with Crippen molar-refractivity contribution in [3.05, 3.63) is 70.1 Å². The number of halogens is 3. The Labute approximate surface area is 184 Å². The molecule has 0 atom stereocenters. The Hall–Kier alpha value is -3.59. The molecular formula is C23H15F3N2O3S. The minimum atomic E-state index is -4.67. The highest BCUT2D eigenvalue weighted by atomic mass is 32.1. The first kappa shape index (κ1) is 20.3. The van der Waals surface area contributed by atoms with Gasteiger partial charge in [0.1, 0.15) is 9.71 Å². The number of nitrogen functional groups attached to an aromatic ring is 1. The second-order valence-corrected chi connectivity index (χ2v) is 8.34. The van der Waals surface area contributed by atoms with Crippen LogP contribution < -0.4 is 15.2 Å². The van der Waals surface area contributed by atoms with E-state index in [-0.39, 0.29) is 38.8 Å². The van der Waals surface area contributed by atoms with Crippen LogP contribution in [-0.2, 0) is 6.18 Å². The van der Waals surface area contributed by atoms with E-state index in [4.69, 9.17) is 15.2 Å². The number of ether oxygens (including phenoxy) is 2. The molecule has 0 aliphatic carbocycles. The van der Waals surface area contributed by atoms with Gasteiger partial charge in [0.2, 0.25) is 12.6 Å². The monoisotopic (exact) mass is 456 g/mol. The molecule has 2 N–H and O–H groups in total. The van der Waals surface area contributed by atoms with E-state index < -0.39 is 17.5 Å². The third-order valence-corrected chi connectivity index (χ3v) is 6.29. The Morgan fingerprint density at radius 3 is 2.50 bits per heavy atom. The van der Waals surface area contributed by atoms with E-state index in [9.17, 15) is 18.0 Å². The second-order valence-electron chi connectivity index (χ2n) is 7.34. The lowest BCUT2D eigenvalue weighted by molar-refractivity contribution is -0.136. The number of aromatic nitrogens is 1. The van der Waals surface area contributed by atoms with Crippen LogP contribution in [0.5, 0.6) is 11.5 Å². The molecule has 0 bridgehead atoms. The molecule has 9 heteroatoms. The van der Waals surface area contributed by atoms with E-state index in [1.54, 1.807) is 30.3 Å². The zero-order chi connectivity index (χ0) is 22.6. The maximum Gasteiger partial charge on any atom is 0.417 e. The fourth-order valence-corrected chi connectivity index (χ4v) is 4.64. The number of hydrogen-bond donors (Lipinski definition) is 1. The van der Waals surface area contributed by atoms with Crippen LogP contribution in [0.25, 0.3) is 21.5 Å². The molecule has 4 aromatic rings. The molecule has 162 valence electrons. The number of carbonyl (C=O) groups excluding carboxylic acids is 1. The number of nitrogens with zero attached hydrogens (tertiary/aromatic N) is 1. The zero-order valence-corrected chi connectivity index (χ0v) is 17.4. The van der Waals surface area contributed by atoms with E-state index >= 15 is 0 Å². The Kier molecular flexibility index (Phi) is 4.59. The van der Waals surface area contributed by atoms with E-state index in [0.717, 1.165) is 23.0 Å². The fourth-order valence-electron chi connectivity index (χ4n) is 3.55. The number of pyridine rings is 1. The van der Waals surface area contributed by atoms with Crippen LogP contribution in [0.15, 0.2) is 48.5 Å². The van der Waals surface area contributed by atoms with Gasteiger partial charge in [0, 0.05) is 16.5 Å². The molecule has 0 fully saturated rings. The van der Waals surface area contributed by atoms with Gasteiger partial charge in [-0.2, -0.15) is 13.2 Å². The summed E-state index contributed by atoms with van der Waals surface area (Å²) in [5.74, 6) is 0.384. The van der Waals surface area contributed by atoms with Crippen LogP contribution in [0.1, 0.15) is 26.4 Å². The summed E-state index contributed by atoms with van der Waals surface area (Å²) in [6, 6.07) is 12.6. The molecule has 0 saturated carbocycles. The summed E-state index contributed by atoms with van der Waals surface area (Å²) in [7, 11) is 0. The third kappa shape index (κ3) is 3.34. The quantitative estimate of drug-likeness (QED) is 0.393. The number of carbonyl (C=O) groups is 1. The third-order valence-electron chi connectivity index (χ3n) is 5.19. The van der Waals surface area contributed by atoms with Crippen molar-refractivity contribution in [2.75, 3.05) is 12.5 Å². The number of alkyl halides is 3. The van der Waals surface area contributed by atoms with Gasteiger partial charge in [-0.05, 0) is 31.2 Å². The topological polar surface area (TPSA) is 74.4 Å². The van der Waals surface area contributed by atoms with E-state index in [2.05, 4.69) is 4.98 Å². The van der Waals surface area contributed by atoms with Crippen molar-refractivity contribution < 1.29 is 27.4 Å². The van der Waals surface area contributed by atoms with E-state index in [0.29, 0.717) is 17.1 Å². The maximum absolute atomic E-state index is 13.9. The van der Waals surface area contributed by atoms with E-state index in [1.165, 1.54) is 12.1 Å². The van der Waals surface area contributed by atoms with Gasteiger partial charge < -0.3 is 15.2 Å². The van der Waals surface area contributed by atoms with Crippen molar-refractivity contribution in [3.63, 3.8) is 0 Å². The standard InChI is InChI=1S/C23H15F3N2O3S/c1-11-2-4-12(5-3-11)15-9-14(23(24,25)26)18-19(27)21(32-22(18)28-15)20(29)13-6-7-16-17(8-13)31-10-30-16/h2-9H,10,27H2,1H3. The number of benzene rings is 2. The largest absolute Gasteiger partial charge is 0.454 e. The lowest BCUT2D eigenvalue weighted by Gasteiger charge is -2.11. The van der Waals surface area contributed by atoms with Crippen molar-refractivity contribution in [2.45, 2.75) is 13.1 Å². The number of hydrogen-bond acceptors (Lipinski definition) is 6. The number of thiophene rings is 1. The molecule has 1 aliphatic rings. The van der Waals surface area contributed by atoms with Gasteiger partial charge in [0.25, 0.3) is 0 Å². The molecule has 0 spiro atoms. The Bertz CT molecular complexity index is 1380. The predicted octanol–water partition coefficient (Wildman–Crippen LogP) is 5.83. The Morgan fingerprint density at radius 1 is 1.06 bits per heavy atom. The van der Waals surface area contributed by atoms with Crippen LogP contribution in [-0.4, -0.2) is 17.6 Å². The van der Waals surface area contributed by atoms with Crippen LogP contribution in [0.2, 0.25) is 0 Å². The van der Waals surface area contributed by atoms with Crippen molar-refractivity contribution in [1.82, 2.24) is 4.98 Å². The van der Waals surface area contributed by atoms with Gasteiger partial charge in [-0.1, -0.05) is 29.8 Å². The number of anilines is 1. The molecule has 5 nitrogen and oxygen atoms in total. The molecule has 1 aliphatic heterocycles. The van der Waals surface area contributed by atoms with Gasteiger partial charge in [-0.3, -0.25) is 4.79 Å². The van der Waals surface area contributed by atoms with Gasteiger partial charge in [-0.25, -0.2) is 4.98 Å². The highest BCUT2D eigenvalue weighted by Gasteiger charge is 2.36. The van der Waals surface area contributed by atoms with Gasteiger partial charge in [0.15, 0.2) is 11.5 Å². The molecule has 3 heterocycles. The van der Waals surface area contributed by atoms with Crippen molar-refractivity contribution in [1.29, 1.82) is 0 Å². The lowest BCUT2D eigenvalue weighted by Crippen LogP contribution is -2.08. The lowest BCUT2D eigenvalue weighted by atomic mass is 10.0. The first-order chi connectivity index (χ1) is 15.2. The molecule has 0 unspecified atom stereocenters. The van der Waals surface area contributed by atoms with Crippen molar-refractivity contribution in [2.24, 2.45) is 0 Å². The summed E-state index contributed by atoms with van der Waals surface area (Å²) in [5, 5.41) is -0.262. The number of nitrogens with two attached hydrogens (primary N) is 1. The van der Waals surface area contributed by atoms with Crippen LogP contribution in [0.4, 0.5) is 18.9 Å². The highest BCUT2D eigenvalue weighted by Crippen LogP contribution is 2.44. The molecule has 32 heavy (non-hydrogen) atoms. The second kappa shape index (κ2) is 7.23. The summed E-state index contributed by atoms with van der Waals surface area (Å²) in [6.45, 7) is 1.92. The SMILES string of the molecule is Cc1ccc(-c2cc(C(F)(F)F)c3c(N)c(C(=O)c4ccc5c(c4)OCO5)sc3n2)cc1. The summed E-state index contributed by atoms with van der Waals surface area (Å²) < 4.78 is 52.4. The number of aryl methyl sites for hydroxylation is 1. The molecule has 5 rings (SSSR count). The zero-order valence-electron chi connectivity index (χ0n) is 16.6. The molecule has 0 radical (unpaired) electrons. The normalized spacial score (nSPS) is 13.0. The Morgan fingerprint density at radius 2 is 1.78 bits per heavy atom. The number of rotatable bonds is 3. The van der Waals surface area contributed by atoms with Gasteiger partial charge in [-0.15, -0.1) is 11.3 Å². The minimum absolute atomic E-state index is 0.00192. The number of ketones is 1. The molecule has 2 aromatic heterocycles. The average molecular weight is 456 g/mol. The maximum atomic E-state index is 13.9. The summed E-state index contributed by atoms with van der Waals surface area (Å²) in [6.07, 6.45) is -4.67. The fraction of sp³-hybridized carbons (Fsp3) is 0.130. The van der Waals surface area contributed by atoms with Gasteiger partial charge in [0.05, 0.1) is 16.9 Å². The molecule has 0 saturated heterocycles. The van der Waals surface area contributed by atoms with Crippen molar-refractivity contribution >= 4 is 33.0 Å². The van der Waals surface area contributed by atoms with Gasteiger partial charge >= 0.3 is 6.18 Å². The van der Waals surface area contributed by atoms with Crippen LogP contribution in [0.3, 0.4) is 0 Å². The summed E-state index contributed by atoms with van der Waals surface area (Å²) in [4.78, 5) is 17.6. The van der Waals surface area contributed by atoms with E-state index in [1.807, 2.05) is 6.92 Å². The first-order valence-electron chi connectivity index (χ1n) is 9.54. The van der Waals surface area contributed by atoms with Crippen molar-refractivity contribution in [3.8, 4) is 22.8 Å². The summed E-state index contributed by atoms with van der Waals surface area (Å²) in [5.41, 5.74) is 6.85. The smallest absolute Gasteiger partial charge is 0.417 e.